The predicted octanol–water partition coefficient (Wildman–Crippen LogP) is 1.97. The third-order valence-corrected chi connectivity index (χ3v) is 1.74. The molecule has 2 nitrogen and oxygen atoms in total. The van der Waals surface area contributed by atoms with Crippen molar-refractivity contribution in [2.75, 3.05) is 14.1 Å². The molecule has 0 aliphatic rings. The van der Waals surface area contributed by atoms with E-state index < -0.39 is 0 Å². The van der Waals surface area contributed by atoms with Crippen molar-refractivity contribution < 1.29 is 4.18 Å². The topological polar surface area (TPSA) is 12.5 Å². The van der Waals surface area contributed by atoms with Crippen molar-refractivity contribution in [3.63, 3.8) is 0 Å². The summed E-state index contributed by atoms with van der Waals surface area (Å²) in [7, 11) is 4.09. The maximum absolute atomic E-state index is 4.75. The van der Waals surface area contributed by atoms with Crippen molar-refractivity contribution in [2.45, 2.75) is 6.54 Å². The van der Waals surface area contributed by atoms with E-state index >= 15 is 0 Å². The highest BCUT2D eigenvalue weighted by atomic mass is 32.1. The fraction of sp³-hybridized carbons (Fsp3) is 0.333. The summed E-state index contributed by atoms with van der Waals surface area (Å²) >= 11 is 3.70. The van der Waals surface area contributed by atoms with E-state index in [1.54, 1.807) is 0 Å². The van der Waals surface area contributed by atoms with Gasteiger partial charge in [-0.3, -0.25) is 0 Å². The molecule has 0 radical (unpaired) electrons. The molecule has 1 aromatic rings. The van der Waals surface area contributed by atoms with Gasteiger partial charge in [0.2, 0.25) is 0 Å². The van der Waals surface area contributed by atoms with Crippen LogP contribution >= 0.6 is 12.9 Å². The van der Waals surface area contributed by atoms with E-state index in [9.17, 15) is 0 Å². The first-order chi connectivity index (χ1) is 5.72. The zero-order chi connectivity index (χ0) is 8.97. The number of rotatable bonds is 3. The highest BCUT2D eigenvalue weighted by molar-refractivity contribution is 7.75. The lowest BCUT2D eigenvalue weighted by atomic mass is 10.2. The van der Waals surface area contributed by atoms with Crippen LogP contribution in [0.1, 0.15) is 5.56 Å². The van der Waals surface area contributed by atoms with Crippen molar-refractivity contribution in [1.82, 2.24) is 4.90 Å². The predicted molar refractivity (Wildman–Crippen MR) is 53.4 cm³/mol. The first-order valence-electron chi connectivity index (χ1n) is 3.77. The normalized spacial score (nSPS) is 10.3. The molecule has 0 fully saturated rings. The van der Waals surface area contributed by atoms with Gasteiger partial charge in [-0.15, -0.1) is 0 Å². The lowest BCUT2D eigenvalue weighted by Crippen LogP contribution is -2.10. The maximum Gasteiger partial charge on any atom is 0.137 e. The zero-order valence-electron chi connectivity index (χ0n) is 7.32. The zero-order valence-corrected chi connectivity index (χ0v) is 8.21. The minimum Gasteiger partial charge on any atom is -0.429 e. The number of hydrogen-bond donors (Lipinski definition) is 1. The van der Waals surface area contributed by atoms with Crippen molar-refractivity contribution in [3.8, 4) is 5.75 Å². The van der Waals surface area contributed by atoms with E-state index in [-0.39, 0.29) is 0 Å². The molecule has 0 atom stereocenters. The van der Waals surface area contributed by atoms with E-state index in [2.05, 4.69) is 17.8 Å². The Morgan fingerprint density at radius 2 is 1.83 bits per heavy atom. The maximum atomic E-state index is 4.75. The van der Waals surface area contributed by atoms with Gasteiger partial charge < -0.3 is 9.08 Å². The number of benzene rings is 1. The van der Waals surface area contributed by atoms with Gasteiger partial charge in [0.25, 0.3) is 0 Å². The molecule has 66 valence electrons. The number of thiol groups is 1. The highest BCUT2D eigenvalue weighted by Crippen LogP contribution is 2.13. The Bertz CT molecular complexity index is 233. The molecule has 0 N–H and O–H groups in total. The molecule has 0 aliphatic heterocycles. The molecule has 0 bridgehead atoms. The quantitative estimate of drug-likeness (QED) is 0.568. The third-order valence-electron chi connectivity index (χ3n) is 1.53. The molecule has 0 saturated carbocycles. The second kappa shape index (κ2) is 4.38. The Labute approximate surface area is 78.8 Å². The second-order valence-corrected chi connectivity index (χ2v) is 3.16. The van der Waals surface area contributed by atoms with Crippen LogP contribution in [0.2, 0.25) is 0 Å². The molecule has 1 aromatic carbocycles. The Kier molecular flexibility index (Phi) is 3.44. The van der Waals surface area contributed by atoms with E-state index in [0.717, 1.165) is 12.3 Å². The average molecular weight is 183 g/mol. The Morgan fingerprint density at radius 3 is 2.25 bits per heavy atom. The van der Waals surface area contributed by atoms with Crippen molar-refractivity contribution in [2.24, 2.45) is 0 Å². The lowest BCUT2D eigenvalue weighted by Gasteiger charge is -2.09. The van der Waals surface area contributed by atoms with Gasteiger partial charge in [0.1, 0.15) is 5.75 Å². The molecule has 1 rings (SSSR count). The molecule has 0 heterocycles. The van der Waals surface area contributed by atoms with Crippen LogP contribution < -0.4 is 4.18 Å². The van der Waals surface area contributed by atoms with Gasteiger partial charge in [0.15, 0.2) is 0 Å². The Morgan fingerprint density at radius 1 is 1.25 bits per heavy atom. The van der Waals surface area contributed by atoms with Gasteiger partial charge in [-0.1, -0.05) is 12.1 Å². The summed E-state index contributed by atoms with van der Waals surface area (Å²) in [6.45, 7) is 0.951. The standard InChI is InChI=1S/C9H13NOS/c1-10(2)7-8-3-5-9(11-12)6-4-8/h3-6,12H,7H2,1-2H3. The van der Waals surface area contributed by atoms with Crippen LogP contribution in [-0.4, -0.2) is 19.0 Å². The molecule has 0 spiro atoms. The molecule has 0 saturated heterocycles. The van der Waals surface area contributed by atoms with Crippen LogP contribution in [0.5, 0.6) is 5.75 Å². The summed E-state index contributed by atoms with van der Waals surface area (Å²) in [5.74, 6) is 0.779. The summed E-state index contributed by atoms with van der Waals surface area (Å²) < 4.78 is 4.75. The van der Waals surface area contributed by atoms with Crippen molar-refractivity contribution in [3.05, 3.63) is 29.8 Å². The molecule has 0 aliphatic carbocycles. The molecule has 0 aromatic heterocycles. The third kappa shape index (κ3) is 2.75. The molecule has 12 heavy (non-hydrogen) atoms. The van der Waals surface area contributed by atoms with Crippen molar-refractivity contribution >= 4 is 12.9 Å². The molecular weight excluding hydrogens is 170 g/mol. The van der Waals surface area contributed by atoms with Crippen LogP contribution in [0.25, 0.3) is 0 Å². The van der Waals surface area contributed by atoms with E-state index in [0.29, 0.717) is 0 Å². The molecular formula is C9H13NOS. The minimum absolute atomic E-state index is 0.779. The van der Waals surface area contributed by atoms with Crippen LogP contribution in [0, 0.1) is 0 Å². The SMILES string of the molecule is CN(C)Cc1ccc(OS)cc1. The summed E-state index contributed by atoms with van der Waals surface area (Å²) in [5, 5.41) is 0. The van der Waals surface area contributed by atoms with Crippen LogP contribution in [0.3, 0.4) is 0 Å². The van der Waals surface area contributed by atoms with Crippen LogP contribution in [-0.2, 0) is 6.54 Å². The second-order valence-electron chi connectivity index (χ2n) is 2.97. The van der Waals surface area contributed by atoms with Gasteiger partial charge >= 0.3 is 0 Å². The summed E-state index contributed by atoms with van der Waals surface area (Å²) in [6, 6.07) is 7.88. The van der Waals surface area contributed by atoms with Crippen molar-refractivity contribution in [1.29, 1.82) is 0 Å². The van der Waals surface area contributed by atoms with E-state index in [1.807, 2.05) is 38.4 Å². The minimum atomic E-state index is 0.779. The lowest BCUT2D eigenvalue weighted by molar-refractivity contribution is 0.402. The van der Waals surface area contributed by atoms with Gasteiger partial charge in [0.05, 0.1) is 0 Å². The smallest absolute Gasteiger partial charge is 0.137 e. The average Bonchev–Trinajstić information content (AvgIpc) is 2.05. The van der Waals surface area contributed by atoms with Crippen LogP contribution in [0.15, 0.2) is 24.3 Å². The summed E-state index contributed by atoms with van der Waals surface area (Å²) in [4.78, 5) is 2.12. The fourth-order valence-corrected chi connectivity index (χ4v) is 1.14. The van der Waals surface area contributed by atoms with Gasteiger partial charge in [-0.25, -0.2) is 0 Å². The summed E-state index contributed by atoms with van der Waals surface area (Å²) in [5.41, 5.74) is 1.27. The summed E-state index contributed by atoms with van der Waals surface area (Å²) in [6.07, 6.45) is 0. The number of nitrogens with zero attached hydrogens (tertiary/aromatic N) is 1. The largest absolute Gasteiger partial charge is 0.429 e. The van der Waals surface area contributed by atoms with Gasteiger partial charge in [-0.2, -0.15) is 0 Å². The van der Waals surface area contributed by atoms with E-state index in [1.165, 1.54) is 5.56 Å². The fourth-order valence-electron chi connectivity index (χ4n) is 1.02. The van der Waals surface area contributed by atoms with Gasteiger partial charge in [-0.05, 0) is 31.8 Å². The first kappa shape index (κ1) is 9.42. The molecule has 3 heteroatoms. The monoisotopic (exact) mass is 183 g/mol. The van der Waals surface area contributed by atoms with Gasteiger partial charge in [0, 0.05) is 19.5 Å². The molecule has 0 unspecified atom stereocenters. The Balaban J connectivity index is 2.65. The number of hydrogen-bond acceptors (Lipinski definition) is 3. The first-order valence-corrected chi connectivity index (χ1v) is 4.14. The molecule has 0 amide bonds. The van der Waals surface area contributed by atoms with E-state index in [4.69, 9.17) is 4.18 Å². The van der Waals surface area contributed by atoms with Crippen LogP contribution in [0.4, 0.5) is 0 Å². The Hall–Kier alpha value is -0.670. The highest BCUT2D eigenvalue weighted by Gasteiger charge is 1.95.